The number of benzene rings is 1. The van der Waals surface area contributed by atoms with E-state index in [0.717, 1.165) is 5.52 Å². The predicted octanol–water partition coefficient (Wildman–Crippen LogP) is 0.516. The number of imidazole rings is 1. The maximum Gasteiger partial charge on any atom is 0.329 e. The van der Waals surface area contributed by atoms with Crippen molar-refractivity contribution in [2.75, 3.05) is 11.5 Å². The Hall–Kier alpha value is -2.09. The minimum atomic E-state index is -3.10. The molecule has 0 bridgehead atoms. The quantitative estimate of drug-likeness (QED) is 0.869. The van der Waals surface area contributed by atoms with Gasteiger partial charge in [-0.2, -0.15) is 0 Å². The Kier molecular flexibility index (Phi) is 4.03. The standard InChI is InChI=1S/C16H21N3O4S/c1-3-18-12-6-4-5-7-13(12)19(15(18)21)10-14(20)17-16(2)8-9-24(22,23)11-16/h4-7H,3,8-11H2,1-2H3,(H,17,20). The predicted molar refractivity (Wildman–Crippen MR) is 91.7 cm³/mol. The van der Waals surface area contributed by atoms with Crippen molar-refractivity contribution in [3.05, 3.63) is 34.7 Å². The molecule has 0 spiro atoms. The smallest absolute Gasteiger partial charge is 0.329 e. The minimum absolute atomic E-state index is 0.0582. The van der Waals surface area contributed by atoms with Crippen molar-refractivity contribution in [2.45, 2.75) is 38.9 Å². The highest BCUT2D eigenvalue weighted by molar-refractivity contribution is 7.91. The van der Waals surface area contributed by atoms with E-state index in [0.29, 0.717) is 18.5 Å². The number of nitrogens with one attached hydrogen (secondary N) is 1. The van der Waals surface area contributed by atoms with Crippen molar-refractivity contribution < 1.29 is 13.2 Å². The third kappa shape index (κ3) is 2.98. The first kappa shape index (κ1) is 16.8. The van der Waals surface area contributed by atoms with Gasteiger partial charge in [-0.15, -0.1) is 0 Å². The molecule has 1 saturated heterocycles. The van der Waals surface area contributed by atoms with Crippen LogP contribution in [0.4, 0.5) is 0 Å². The minimum Gasteiger partial charge on any atom is -0.348 e. The summed E-state index contributed by atoms with van der Waals surface area (Å²) in [6, 6.07) is 7.32. The molecule has 0 aliphatic carbocycles. The average molecular weight is 351 g/mol. The number of para-hydroxylation sites is 2. The Labute approximate surface area is 140 Å². The van der Waals surface area contributed by atoms with Gasteiger partial charge in [-0.05, 0) is 32.4 Å². The number of nitrogens with zero attached hydrogens (tertiary/aromatic N) is 2. The van der Waals surface area contributed by atoms with Gasteiger partial charge in [-0.3, -0.25) is 13.9 Å². The van der Waals surface area contributed by atoms with E-state index in [1.165, 1.54) is 4.57 Å². The Morgan fingerprint density at radius 1 is 1.25 bits per heavy atom. The van der Waals surface area contributed by atoms with E-state index in [4.69, 9.17) is 0 Å². The molecule has 8 heteroatoms. The molecule has 0 radical (unpaired) electrons. The first-order chi connectivity index (χ1) is 11.2. The zero-order chi connectivity index (χ0) is 17.5. The first-order valence-electron chi connectivity index (χ1n) is 7.94. The largest absolute Gasteiger partial charge is 0.348 e. The molecule has 2 aromatic rings. The summed E-state index contributed by atoms with van der Waals surface area (Å²) in [5.41, 5.74) is 0.483. The highest BCUT2D eigenvalue weighted by atomic mass is 32.2. The fourth-order valence-corrected chi connectivity index (χ4v) is 5.45. The van der Waals surface area contributed by atoms with Gasteiger partial charge in [0.05, 0.1) is 28.1 Å². The number of hydrogen-bond acceptors (Lipinski definition) is 4. The lowest BCUT2D eigenvalue weighted by atomic mass is 10.0. The molecule has 1 aromatic heterocycles. The summed E-state index contributed by atoms with van der Waals surface area (Å²) in [6.45, 7) is 4.00. The molecule has 1 fully saturated rings. The number of rotatable bonds is 4. The number of hydrogen-bond donors (Lipinski definition) is 1. The summed E-state index contributed by atoms with van der Waals surface area (Å²) in [6.07, 6.45) is 0.396. The molecule has 24 heavy (non-hydrogen) atoms. The number of sulfone groups is 1. The van der Waals surface area contributed by atoms with E-state index in [-0.39, 0.29) is 29.6 Å². The molecule has 1 unspecified atom stereocenters. The molecule has 1 aliphatic heterocycles. The van der Waals surface area contributed by atoms with Crippen LogP contribution in [0.3, 0.4) is 0 Å². The third-order valence-electron chi connectivity index (χ3n) is 4.49. The molecule has 2 heterocycles. The lowest BCUT2D eigenvalue weighted by Gasteiger charge is -2.23. The fraction of sp³-hybridized carbons (Fsp3) is 0.500. The van der Waals surface area contributed by atoms with Gasteiger partial charge >= 0.3 is 5.69 Å². The van der Waals surface area contributed by atoms with Crippen LogP contribution in [0, 0.1) is 0 Å². The molecule has 0 saturated carbocycles. The monoisotopic (exact) mass is 351 g/mol. The van der Waals surface area contributed by atoms with Gasteiger partial charge in [-0.25, -0.2) is 13.2 Å². The SMILES string of the molecule is CCn1c(=O)n(CC(=O)NC2(C)CCS(=O)(=O)C2)c2ccccc21. The van der Waals surface area contributed by atoms with E-state index in [1.54, 1.807) is 17.6 Å². The maximum absolute atomic E-state index is 12.5. The molecule has 1 aromatic carbocycles. The van der Waals surface area contributed by atoms with Gasteiger partial charge in [-0.1, -0.05) is 12.1 Å². The Balaban J connectivity index is 1.87. The van der Waals surface area contributed by atoms with Gasteiger partial charge in [0.25, 0.3) is 0 Å². The van der Waals surface area contributed by atoms with Gasteiger partial charge in [0.2, 0.25) is 5.91 Å². The highest BCUT2D eigenvalue weighted by Crippen LogP contribution is 2.22. The summed E-state index contributed by atoms with van der Waals surface area (Å²) in [7, 11) is -3.10. The fourth-order valence-electron chi connectivity index (χ4n) is 3.36. The summed E-state index contributed by atoms with van der Waals surface area (Å²) in [5, 5.41) is 2.79. The summed E-state index contributed by atoms with van der Waals surface area (Å²) in [4.78, 5) is 24.9. The van der Waals surface area contributed by atoms with Gasteiger partial charge in [0, 0.05) is 6.54 Å². The topological polar surface area (TPSA) is 90.2 Å². The zero-order valence-electron chi connectivity index (χ0n) is 13.8. The van der Waals surface area contributed by atoms with Crippen LogP contribution in [0.25, 0.3) is 11.0 Å². The maximum atomic E-state index is 12.5. The number of aryl methyl sites for hydroxylation is 1. The second-order valence-electron chi connectivity index (χ2n) is 6.55. The third-order valence-corrected chi connectivity index (χ3v) is 6.39. The molecule has 7 nitrogen and oxygen atoms in total. The molecular formula is C16H21N3O4S. The first-order valence-corrected chi connectivity index (χ1v) is 9.76. The number of fused-ring (bicyclic) bond motifs is 1. The molecule has 1 N–H and O–H groups in total. The van der Waals surface area contributed by atoms with Crippen LogP contribution in [0.15, 0.2) is 29.1 Å². The van der Waals surface area contributed by atoms with Crippen molar-refractivity contribution in [1.29, 1.82) is 0 Å². The molecule has 130 valence electrons. The second-order valence-corrected chi connectivity index (χ2v) is 8.74. The van der Waals surface area contributed by atoms with E-state index < -0.39 is 15.4 Å². The van der Waals surface area contributed by atoms with Crippen molar-refractivity contribution >= 4 is 26.8 Å². The highest BCUT2D eigenvalue weighted by Gasteiger charge is 2.39. The molecule has 1 amide bonds. The molecule has 1 aliphatic rings. The van der Waals surface area contributed by atoms with Crippen molar-refractivity contribution in [2.24, 2.45) is 0 Å². The van der Waals surface area contributed by atoms with E-state index in [1.807, 2.05) is 25.1 Å². The number of aromatic nitrogens is 2. The number of carbonyl (C=O) groups excluding carboxylic acids is 1. The molecule has 3 rings (SSSR count). The van der Waals surface area contributed by atoms with Crippen LogP contribution >= 0.6 is 0 Å². The van der Waals surface area contributed by atoms with E-state index in [2.05, 4.69) is 5.32 Å². The van der Waals surface area contributed by atoms with Crippen molar-refractivity contribution in [3.8, 4) is 0 Å². The Bertz CT molecular complexity index is 957. The van der Waals surface area contributed by atoms with Crippen LogP contribution in [-0.2, 0) is 27.7 Å². The second kappa shape index (κ2) is 5.77. The van der Waals surface area contributed by atoms with Gasteiger partial charge in [0.15, 0.2) is 9.84 Å². The number of carbonyl (C=O) groups is 1. The van der Waals surface area contributed by atoms with Crippen LogP contribution < -0.4 is 11.0 Å². The van der Waals surface area contributed by atoms with Gasteiger partial charge < -0.3 is 5.32 Å². The number of amides is 1. The van der Waals surface area contributed by atoms with Crippen molar-refractivity contribution in [1.82, 2.24) is 14.5 Å². The van der Waals surface area contributed by atoms with Crippen LogP contribution in [0.5, 0.6) is 0 Å². The normalized spacial score (nSPS) is 22.8. The zero-order valence-corrected chi connectivity index (χ0v) is 14.6. The molecule has 1 atom stereocenters. The van der Waals surface area contributed by atoms with Crippen LogP contribution in [0.1, 0.15) is 20.3 Å². The Morgan fingerprint density at radius 3 is 2.42 bits per heavy atom. The lowest BCUT2D eigenvalue weighted by Crippen LogP contribution is -2.48. The summed E-state index contributed by atoms with van der Waals surface area (Å²) >= 11 is 0. The van der Waals surface area contributed by atoms with Crippen LogP contribution in [0.2, 0.25) is 0 Å². The van der Waals surface area contributed by atoms with E-state index >= 15 is 0 Å². The Morgan fingerprint density at radius 2 is 1.88 bits per heavy atom. The van der Waals surface area contributed by atoms with Gasteiger partial charge in [0.1, 0.15) is 6.54 Å². The summed E-state index contributed by atoms with van der Waals surface area (Å²) < 4.78 is 26.3. The van der Waals surface area contributed by atoms with Crippen molar-refractivity contribution in [3.63, 3.8) is 0 Å². The average Bonchev–Trinajstić information content (AvgIpc) is 2.93. The molecular weight excluding hydrogens is 330 g/mol. The lowest BCUT2D eigenvalue weighted by molar-refractivity contribution is -0.123. The van der Waals surface area contributed by atoms with E-state index in [9.17, 15) is 18.0 Å². The van der Waals surface area contributed by atoms with Crippen LogP contribution in [-0.4, -0.2) is 40.5 Å². The summed E-state index contributed by atoms with van der Waals surface area (Å²) in [5.74, 6) is -0.327.